The number of ether oxygens (including phenoxy) is 15. The number of hydrogen-bond donors (Lipinski definition) is 2. The van der Waals surface area contributed by atoms with E-state index in [4.69, 9.17) is 76.2 Å². The summed E-state index contributed by atoms with van der Waals surface area (Å²) in [5.41, 5.74) is 0. The Bertz CT molecular complexity index is 1060. The molecule has 0 aliphatic carbocycles. The molecule has 0 atom stereocenters. The summed E-state index contributed by atoms with van der Waals surface area (Å²) in [6.45, 7) is 12.9. The van der Waals surface area contributed by atoms with Crippen molar-refractivity contribution in [3.05, 3.63) is 12.2 Å². The number of aliphatic carboxylic acids is 1. The highest BCUT2D eigenvalue weighted by Gasteiger charge is 2.25. The van der Waals surface area contributed by atoms with E-state index in [1.54, 1.807) is 0 Å². The van der Waals surface area contributed by atoms with Crippen LogP contribution < -0.4 is 5.32 Å². The fraction of sp³-hybridized carbons (Fsp3) is 0.846. The average molecular weight is 887 g/mol. The Hall–Kier alpha value is -2.78. The number of hydrogen-bond acceptors (Lipinski definition) is 19. The summed E-state index contributed by atoms with van der Waals surface area (Å²) in [6.07, 6.45) is 2.26. The summed E-state index contributed by atoms with van der Waals surface area (Å²) in [5.74, 6) is -2.31. The maximum atomic E-state index is 11.8. The number of imide groups is 1. The molecule has 1 aliphatic rings. The number of carboxylic acids is 1. The molecule has 0 aromatic carbocycles. The van der Waals surface area contributed by atoms with Crippen LogP contribution in [-0.4, -0.2) is 245 Å². The summed E-state index contributed by atoms with van der Waals surface area (Å²) in [4.78, 5) is 45.9. The first-order chi connectivity index (χ1) is 30.0. The molecule has 61 heavy (non-hydrogen) atoms. The van der Waals surface area contributed by atoms with Crippen molar-refractivity contribution < 1.29 is 95.3 Å². The van der Waals surface area contributed by atoms with E-state index in [-0.39, 0.29) is 32.7 Å². The van der Waals surface area contributed by atoms with E-state index in [0.717, 1.165) is 17.1 Å². The smallest absolute Gasteiger partial charge is 0.305 e. The van der Waals surface area contributed by atoms with E-state index in [9.17, 15) is 19.2 Å². The van der Waals surface area contributed by atoms with Crippen molar-refractivity contribution in [2.24, 2.45) is 0 Å². The largest absolute Gasteiger partial charge is 0.481 e. The molecular formula is C39H70N2O20. The average Bonchev–Trinajstić information content (AvgIpc) is 3.56. The quantitative estimate of drug-likeness (QED) is 0.0536. The summed E-state index contributed by atoms with van der Waals surface area (Å²) >= 11 is 0. The number of rotatable bonds is 50. The SMILES string of the molecule is O=C(O)CCOCCOCCOCCOCCOCCOCCOCCOCCOCCOCCOCCOCCOCCOCCOCCNC(=O)CN1C(=O)C=CC1=O. The second-order valence-corrected chi connectivity index (χ2v) is 12.3. The molecule has 1 aliphatic heterocycles. The Morgan fingerprint density at radius 3 is 0.820 bits per heavy atom. The zero-order chi connectivity index (χ0) is 43.9. The van der Waals surface area contributed by atoms with E-state index in [1.165, 1.54) is 0 Å². The second kappa shape index (κ2) is 45.3. The first-order valence-corrected chi connectivity index (χ1v) is 20.7. The third kappa shape index (κ3) is 41.0. The van der Waals surface area contributed by atoms with Crippen LogP contribution in [-0.2, 0) is 90.2 Å². The molecular weight excluding hydrogens is 816 g/mol. The molecule has 3 amide bonds. The molecule has 1 heterocycles. The summed E-state index contributed by atoms with van der Waals surface area (Å²) in [7, 11) is 0. The van der Waals surface area contributed by atoms with Crippen LogP contribution in [0.25, 0.3) is 0 Å². The standard InChI is InChI=1S/C39H70N2O20/c42-36(35-41-37(43)1-2-38(41)44)40-4-6-48-8-10-50-12-14-52-16-18-54-20-22-56-24-26-58-28-30-60-32-34-61-33-31-59-29-27-57-25-23-55-21-19-53-17-15-51-13-11-49-9-7-47-5-3-39(45)46/h1-2H,3-35H2,(H,40,42)(H,45,46). The first kappa shape index (κ1) is 56.2. The van der Waals surface area contributed by atoms with Crippen LogP contribution >= 0.6 is 0 Å². The van der Waals surface area contributed by atoms with E-state index >= 15 is 0 Å². The normalized spacial score (nSPS) is 12.6. The van der Waals surface area contributed by atoms with Gasteiger partial charge in [-0.1, -0.05) is 0 Å². The predicted octanol–water partition coefficient (Wildman–Crippen LogP) is -1.25. The van der Waals surface area contributed by atoms with Crippen LogP contribution in [0.5, 0.6) is 0 Å². The number of amides is 3. The van der Waals surface area contributed by atoms with Crippen molar-refractivity contribution in [2.45, 2.75) is 6.42 Å². The topological polar surface area (TPSA) is 242 Å². The van der Waals surface area contributed by atoms with Gasteiger partial charge in [-0.25, -0.2) is 0 Å². The highest BCUT2D eigenvalue weighted by Crippen LogP contribution is 2.02. The Labute approximate surface area is 358 Å². The Balaban J connectivity index is 1.62. The van der Waals surface area contributed by atoms with Gasteiger partial charge in [0.25, 0.3) is 11.8 Å². The Morgan fingerprint density at radius 1 is 0.377 bits per heavy atom. The fourth-order valence-electron chi connectivity index (χ4n) is 4.39. The van der Waals surface area contributed by atoms with Crippen molar-refractivity contribution in [3.8, 4) is 0 Å². The van der Waals surface area contributed by atoms with Gasteiger partial charge in [-0.3, -0.25) is 24.1 Å². The molecule has 0 fully saturated rings. The zero-order valence-corrected chi connectivity index (χ0v) is 35.6. The molecule has 0 saturated heterocycles. The van der Waals surface area contributed by atoms with Gasteiger partial charge in [0.2, 0.25) is 5.91 Å². The van der Waals surface area contributed by atoms with Crippen molar-refractivity contribution in [1.82, 2.24) is 10.2 Å². The van der Waals surface area contributed by atoms with Crippen LogP contribution in [0.15, 0.2) is 12.2 Å². The second-order valence-electron chi connectivity index (χ2n) is 12.3. The monoisotopic (exact) mass is 886 g/mol. The molecule has 0 aromatic rings. The van der Waals surface area contributed by atoms with Gasteiger partial charge in [0.15, 0.2) is 0 Å². The third-order valence-electron chi connectivity index (χ3n) is 7.44. The molecule has 22 nitrogen and oxygen atoms in total. The van der Waals surface area contributed by atoms with Gasteiger partial charge >= 0.3 is 5.97 Å². The van der Waals surface area contributed by atoms with Gasteiger partial charge in [0.1, 0.15) is 6.54 Å². The maximum absolute atomic E-state index is 11.8. The lowest BCUT2D eigenvalue weighted by Crippen LogP contribution is -2.41. The van der Waals surface area contributed by atoms with Gasteiger partial charge in [0.05, 0.1) is 205 Å². The third-order valence-corrected chi connectivity index (χ3v) is 7.44. The fourth-order valence-corrected chi connectivity index (χ4v) is 4.39. The number of carboxylic acid groups (broad SMARTS) is 1. The minimum atomic E-state index is -0.882. The van der Waals surface area contributed by atoms with E-state index in [1.807, 2.05) is 0 Å². The Morgan fingerprint density at radius 2 is 0.590 bits per heavy atom. The van der Waals surface area contributed by atoms with Crippen molar-refractivity contribution in [1.29, 1.82) is 0 Å². The van der Waals surface area contributed by atoms with Crippen molar-refractivity contribution in [3.63, 3.8) is 0 Å². The molecule has 0 aromatic heterocycles. The van der Waals surface area contributed by atoms with Gasteiger partial charge in [0, 0.05) is 18.7 Å². The molecule has 0 spiro atoms. The van der Waals surface area contributed by atoms with Crippen LogP contribution in [0.3, 0.4) is 0 Å². The van der Waals surface area contributed by atoms with E-state index < -0.39 is 23.7 Å². The number of carbonyl (C=O) groups is 4. The summed E-state index contributed by atoms with van der Waals surface area (Å²) in [5, 5.41) is 11.1. The number of nitrogens with one attached hydrogen (secondary N) is 1. The molecule has 0 unspecified atom stereocenters. The van der Waals surface area contributed by atoms with E-state index in [2.05, 4.69) is 5.32 Å². The summed E-state index contributed by atoms with van der Waals surface area (Å²) < 4.78 is 81.3. The van der Waals surface area contributed by atoms with Crippen molar-refractivity contribution >= 4 is 23.7 Å². The Kier molecular flexibility index (Phi) is 41.7. The van der Waals surface area contributed by atoms with Gasteiger partial charge in [-0.15, -0.1) is 0 Å². The van der Waals surface area contributed by atoms with Crippen LogP contribution in [0, 0.1) is 0 Å². The van der Waals surface area contributed by atoms with E-state index in [0.29, 0.717) is 185 Å². The van der Waals surface area contributed by atoms with Gasteiger partial charge in [-0.05, 0) is 0 Å². The predicted molar refractivity (Wildman–Crippen MR) is 213 cm³/mol. The minimum Gasteiger partial charge on any atom is -0.481 e. The molecule has 2 N–H and O–H groups in total. The molecule has 22 heteroatoms. The molecule has 1 rings (SSSR count). The van der Waals surface area contributed by atoms with Crippen molar-refractivity contribution in [2.75, 3.05) is 211 Å². The number of nitrogens with zero attached hydrogens (tertiary/aromatic N) is 1. The van der Waals surface area contributed by atoms with Gasteiger partial charge in [-0.2, -0.15) is 0 Å². The van der Waals surface area contributed by atoms with Gasteiger partial charge < -0.3 is 81.5 Å². The lowest BCUT2D eigenvalue weighted by atomic mass is 10.4. The maximum Gasteiger partial charge on any atom is 0.305 e. The number of carbonyl (C=O) groups excluding carboxylic acids is 3. The van der Waals surface area contributed by atoms with Crippen LogP contribution in [0.1, 0.15) is 6.42 Å². The molecule has 0 saturated carbocycles. The summed E-state index contributed by atoms with van der Waals surface area (Å²) in [6, 6.07) is 0. The first-order valence-electron chi connectivity index (χ1n) is 20.7. The highest BCUT2D eigenvalue weighted by atomic mass is 16.6. The zero-order valence-electron chi connectivity index (χ0n) is 35.6. The van der Waals surface area contributed by atoms with Crippen LogP contribution in [0.4, 0.5) is 0 Å². The molecule has 356 valence electrons. The minimum absolute atomic E-state index is 0.0113. The highest BCUT2D eigenvalue weighted by molar-refractivity contribution is 6.14. The van der Waals surface area contributed by atoms with Crippen LogP contribution in [0.2, 0.25) is 0 Å². The lowest BCUT2D eigenvalue weighted by Gasteiger charge is -2.13. The molecule has 0 bridgehead atoms. The molecule has 0 radical (unpaired) electrons. The lowest BCUT2D eigenvalue weighted by molar-refractivity contribution is -0.141.